The maximum Gasteiger partial charge on any atom is 0.331 e. The van der Waals surface area contributed by atoms with Crippen LogP contribution < -0.4 is 0 Å². The van der Waals surface area contributed by atoms with Crippen LogP contribution in [0.15, 0.2) is 36.4 Å². The number of phenols is 4. The number of benzene rings is 2. The van der Waals surface area contributed by atoms with Crippen LogP contribution in [-0.2, 0) is 9.53 Å². The Morgan fingerprint density at radius 1 is 0.923 bits per heavy atom. The van der Waals surface area contributed by atoms with Crippen LogP contribution in [0, 0.1) is 0 Å². The first-order valence-electron chi connectivity index (χ1n) is 7.91. The van der Waals surface area contributed by atoms with Gasteiger partial charge in [-0.2, -0.15) is 0 Å². The molecule has 0 aliphatic heterocycles. The van der Waals surface area contributed by atoms with E-state index < -0.39 is 5.97 Å². The molecule has 0 spiro atoms. The maximum absolute atomic E-state index is 11.6. The highest BCUT2D eigenvalue weighted by Gasteiger charge is 2.09. The van der Waals surface area contributed by atoms with E-state index in [9.17, 15) is 25.2 Å². The third-order valence-electron chi connectivity index (χ3n) is 3.42. The summed E-state index contributed by atoms with van der Waals surface area (Å²) in [6.45, 7) is 3.47. The van der Waals surface area contributed by atoms with Crippen molar-refractivity contribution in [3.05, 3.63) is 53.1 Å². The van der Waals surface area contributed by atoms with Crippen LogP contribution >= 0.6 is 0 Å². The molecule has 0 radical (unpaired) electrons. The van der Waals surface area contributed by atoms with Crippen molar-refractivity contribution in [2.75, 3.05) is 0 Å². The van der Waals surface area contributed by atoms with Crippen LogP contribution in [0.1, 0.15) is 30.5 Å². The molecule has 0 fully saturated rings. The molecule has 0 aliphatic rings. The smallest absolute Gasteiger partial charge is 0.331 e. The molecule has 0 heterocycles. The summed E-state index contributed by atoms with van der Waals surface area (Å²) >= 11 is 0. The van der Waals surface area contributed by atoms with Crippen molar-refractivity contribution in [2.45, 2.75) is 20.0 Å². The maximum atomic E-state index is 11.6. The Bertz CT molecular complexity index is 865. The van der Waals surface area contributed by atoms with Gasteiger partial charge in [0.15, 0.2) is 23.0 Å². The lowest BCUT2D eigenvalue weighted by molar-refractivity contribution is -0.141. The summed E-state index contributed by atoms with van der Waals surface area (Å²) in [6.07, 6.45) is 5.56. The van der Waals surface area contributed by atoms with E-state index in [4.69, 9.17) is 4.74 Å². The number of aromatic hydroxyl groups is 4. The van der Waals surface area contributed by atoms with Crippen molar-refractivity contribution in [2.24, 2.45) is 0 Å². The summed E-state index contributed by atoms with van der Waals surface area (Å²) in [6, 6.07) is 7.11. The van der Waals surface area contributed by atoms with Gasteiger partial charge in [0.1, 0.15) is 0 Å². The Labute approximate surface area is 150 Å². The molecule has 0 bridgehead atoms. The number of esters is 1. The molecular weight excluding hydrogens is 336 g/mol. The van der Waals surface area contributed by atoms with Crippen LogP contribution in [0.3, 0.4) is 0 Å². The van der Waals surface area contributed by atoms with Gasteiger partial charge in [-0.15, -0.1) is 0 Å². The van der Waals surface area contributed by atoms with Crippen molar-refractivity contribution < 1.29 is 30.0 Å². The van der Waals surface area contributed by atoms with Gasteiger partial charge in [-0.1, -0.05) is 18.2 Å². The zero-order chi connectivity index (χ0) is 19.3. The zero-order valence-corrected chi connectivity index (χ0v) is 14.4. The number of phenolic OH excluding ortho intramolecular Hbond substituents is 4. The van der Waals surface area contributed by atoms with Gasteiger partial charge >= 0.3 is 5.97 Å². The Morgan fingerprint density at radius 2 is 1.62 bits per heavy atom. The average molecular weight is 356 g/mol. The van der Waals surface area contributed by atoms with Crippen molar-refractivity contribution in [3.8, 4) is 23.0 Å². The molecule has 26 heavy (non-hydrogen) atoms. The molecule has 0 atom stereocenters. The fraction of sp³-hybridized carbons (Fsp3) is 0.150. The van der Waals surface area contributed by atoms with E-state index in [1.54, 1.807) is 32.1 Å². The summed E-state index contributed by atoms with van der Waals surface area (Å²) < 4.78 is 5.01. The predicted molar refractivity (Wildman–Crippen MR) is 98.7 cm³/mol. The Kier molecular flexibility index (Phi) is 5.90. The van der Waals surface area contributed by atoms with Crippen molar-refractivity contribution in [1.29, 1.82) is 0 Å². The van der Waals surface area contributed by atoms with E-state index >= 15 is 0 Å². The SMILES string of the molecule is CC(C)OC(=O)/C=C/c1ccc(O)c(O)c1/C=C/c1ccc(O)c(O)c1. The first-order chi connectivity index (χ1) is 12.3. The predicted octanol–water partition coefficient (Wildman–Crippen LogP) is 3.64. The highest BCUT2D eigenvalue weighted by molar-refractivity contribution is 5.89. The normalized spacial score (nSPS) is 11.5. The monoisotopic (exact) mass is 356 g/mol. The van der Waals surface area contributed by atoms with Crippen LogP contribution in [-0.4, -0.2) is 32.5 Å². The number of hydrogen-bond acceptors (Lipinski definition) is 6. The van der Waals surface area contributed by atoms with Gasteiger partial charge in [0.25, 0.3) is 0 Å². The van der Waals surface area contributed by atoms with Gasteiger partial charge in [-0.25, -0.2) is 4.79 Å². The quantitative estimate of drug-likeness (QED) is 0.282. The minimum absolute atomic E-state index is 0.241. The molecule has 4 N–H and O–H groups in total. The van der Waals surface area contributed by atoms with Gasteiger partial charge in [-0.05, 0) is 55.3 Å². The molecule has 0 saturated carbocycles. The zero-order valence-electron chi connectivity index (χ0n) is 14.4. The molecule has 2 rings (SSSR count). The molecule has 6 heteroatoms. The van der Waals surface area contributed by atoms with E-state index in [0.717, 1.165) is 0 Å². The lowest BCUT2D eigenvalue weighted by Crippen LogP contribution is -2.08. The van der Waals surface area contributed by atoms with Crippen LogP contribution in [0.25, 0.3) is 18.2 Å². The minimum atomic E-state index is -0.522. The largest absolute Gasteiger partial charge is 0.504 e. The lowest BCUT2D eigenvalue weighted by Gasteiger charge is -2.07. The molecule has 0 saturated heterocycles. The molecule has 2 aromatic carbocycles. The second-order valence-corrected chi connectivity index (χ2v) is 5.84. The van der Waals surface area contributed by atoms with Crippen molar-refractivity contribution in [3.63, 3.8) is 0 Å². The Balaban J connectivity index is 2.35. The summed E-state index contributed by atoms with van der Waals surface area (Å²) in [5.41, 5.74) is 1.34. The second kappa shape index (κ2) is 8.11. The van der Waals surface area contributed by atoms with Gasteiger partial charge < -0.3 is 25.2 Å². The third-order valence-corrected chi connectivity index (χ3v) is 3.42. The van der Waals surface area contributed by atoms with E-state index in [-0.39, 0.29) is 34.7 Å². The number of carbonyl (C=O) groups is 1. The molecule has 0 unspecified atom stereocenters. The Hall–Kier alpha value is -3.41. The molecule has 2 aromatic rings. The molecule has 0 amide bonds. The summed E-state index contributed by atoms with van der Waals surface area (Å²) in [5.74, 6) is -1.69. The van der Waals surface area contributed by atoms with Crippen molar-refractivity contribution in [1.82, 2.24) is 0 Å². The first-order valence-corrected chi connectivity index (χ1v) is 7.91. The highest BCUT2D eigenvalue weighted by atomic mass is 16.5. The van der Waals surface area contributed by atoms with E-state index in [1.165, 1.54) is 36.4 Å². The number of rotatable bonds is 5. The first kappa shape index (κ1) is 18.9. The van der Waals surface area contributed by atoms with Crippen LogP contribution in [0.4, 0.5) is 0 Å². The topological polar surface area (TPSA) is 107 Å². The summed E-state index contributed by atoms with van der Waals surface area (Å²) in [7, 11) is 0. The number of ether oxygens (including phenoxy) is 1. The van der Waals surface area contributed by atoms with Crippen LogP contribution in [0.2, 0.25) is 0 Å². The van der Waals surface area contributed by atoms with Crippen LogP contribution in [0.5, 0.6) is 23.0 Å². The molecule has 136 valence electrons. The fourth-order valence-corrected chi connectivity index (χ4v) is 2.19. The molecule has 0 aromatic heterocycles. The fourth-order valence-electron chi connectivity index (χ4n) is 2.19. The standard InChI is InChI=1S/C20H20O6/c1-12(2)26-19(24)10-6-14-5-9-17(22)20(25)15(14)7-3-13-4-8-16(21)18(23)11-13/h3-12,21-23,25H,1-2H3/b7-3+,10-6+. The van der Waals surface area contributed by atoms with Gasteiger partial charge in [-0.3, -0.25) is 0 Å². The number of carbonyl (C=O) groups excluding carboxylic acids is 1. The molecule has 0 aliphatic carbocycles. The van der Waals surface area contributed by atoms with Gasteiger partial charge in [0.05, 0.1) is 6.10 Å². The second-order valence-electron chi connectivity index (χ2n) is 5.84. The Morgan fingerprint density at radius 3 is 2.27 bits per heavy atom. The van der Waals surface area contributed by atoms with Gasteiger partial charge in [0, 0.05) is 11.6 Å². The summed E-state index contributed by atoms with van der Waals surface area (Å²) in [5, 5.41) is 38.7. The highest BCUT2D eigenvalue weighted by Crippen LogP contribution is 2.34. The molecular formula is C20H20O6. The average Bonchev–Trinajstić information content (AvgIpc) is 2.57. The van der Waals surface area contributed by atoms with E-state index in [0.29, 0.717) is 11.1 Å². The lowest BCUT2D eigenvalue weighted by atomic mass is 10.0. The van der Waals surface area contributed by atoms with E-state index in [1.807, 2.05) is 0 Å². The number of hydrogen-bond donors (Lipinski definition) is 4. The van der Waals surface area contributed by atoms with Crippen molar-refractivity contribution >= 4 is 24.2 Å². The van der Waals surface area contributed by atoms with E-state index in [2.05, 4.69) is 0 Å². The van der Waals surface area contributed by atoms with Gasteiger partial charge in [0.2, 0.25) is 0 Å². The minimum Gasteiger partial charge on any atom is -0.504 e. The summed E-state index contributed by atoms with van der Waals surface area (Å²) in [4.78, 5) is 11.6. The third kappa shape index (κ3) is 4.80. The molecule has 6 nitrogen and oxygen atoms in total.